The molecule has 1 N–H and O–H groups in total. The van der Waals surface area contributed by atoms with E-state index >= 15 is 0 Å². The van der Waals surface area contributed by atoms with E-state index in [0.29, 0.717) is 0 Å². The second kappa shape index (κ2) is 6.94. The van der Waals surface area contributed by atoms with Crippen molar-refractivity contribution in [3.8, 4) is 0 Å². The van der Waals surface area contributed by atoms with Crippen LogP contribution in [0.15, 0.2) is 54.9 Å². The highest BCUT2D eigenvalue weighted by molar-refractivity contribution is 8.01. The van der Waals surface area contributed by atoms with Gasteiger partial charge in [0.25, 0.3) is 0 Å². The summed E-state index contributed by atoms with van der Waals surface area (Å²) in [7, 11) is 2.11. The highest BCUT2D eigenvalue weighted by Crippen LogP contribution is 2.35. The molecule has 2 aromatic carbocycles. The predicted octanol–water partition coefficient (Wildman–Crippen LogP) is 4.43. The van der Waals surface area contributed by atoms with E-state index in [1.165, 1.54) is 5.56 Å². The number of rotatable bonds is 6. The van der Waals surface area contributed by atoms with Gasteiger partial charge in [0.15, 0.2) is 0 Å². The molecule has 3 aromatic rings. The summed E-state index contributed by atoms with van der Waals surface area (Å²) in [6, 6.07) is 16.8. The van der Waals surface area contributed by atoms with Crippen LogP contribution in [-0.2, 0) is 0 Å². The molecule has 0 fully saturated rings. The van der Waals surface area contributed by atoms with Crippen LogP contribution in [0.5, 0.6) is 0 Å². The number of aromatic amines is 1. The van der Waals surface area contributed by atoms with Gasteiger partial charge in [0.2, 0.25) is 0 Å². The van der Waals surface area contributed by atoms with Gasteiger partial charge in [0, 0.05) is 18.5 Å². The Bertz CT molecular complexity index is 755. The Kier molecular flexibility index (Phi) is 4.75. The normalized spacial score (nSPS) is 12.2. The third-order valence-electron chi connectivity index (χ3n) is 3.57. The molecule has 1 atom stereocenters. The first-order valence-electron chi connectivity index (χ1n) is 7.06. The number of aromatic nitrogens is 2. The minimum atomic E-state index is 0.219. The Hall–Kier alpha value is -1.85. The third-order valence-corrected chi connectivity index (χ3v) is 5.21. The van der Waals surface area contributed by atoms with Gasteiger partial charge in [-0.15, -0.1) is 11.8 Å². The highest BCUT2D eigenvalue weighted by atomic mass is 32.2. The van der Waals surface area contributed by atoms with E-state index in [9.17, 15) is 0 Å². The van der Waals surface area contributed by atoms with E-state index in [1.807, 2.05) is 17.8 Å². The zero-order chi connectivity index (χ0) is 15.4. The maximum atomic E-state index is 5.00. The fraction of sp³-hybridized carbons (Fsp3) is 0.176. The lowest BCUT2D eigenvalue weighted by Gasteiger charge is -2.29. The van der Waals surface area contributed by atoms with Gasteiger partial charge in [-0.3, -0.25) is 0 Å². The zero-order valence-corrected chi connectivity index (χ0v) is 13.9. The number of nitrogens with zero attached hydrogens (tertiary/aromatic N) is 2. The molecule has 0 aliphatic heterocycles. The Labute approximate surface area is 139 Å². The number of hydrogen-bond donors (Lipinski definition) is 1. The van der Waals surface area contributed by atoms with Gasteiger partial charge in [0.1, 0.15) is 5.37 Å². The summed E-state index contributed by atoms with van der Waals surface area (Å²) < 4.78 is 0. The topological polar surface area (TPSA) is 31.9 Å². The number of thioether (sulfide) groups is 1. The molecule has 5 heteroatoms. The van der Waals surface area contributed by atoms with E-state index in [4.69, 9.17) is 12.2 Å². The summed E-state index contributed by atoms with van der Waals surface area (Å²) in [5, 5.41) is 2.00. The molecular weight excluding hydrogens is 310 g/mol. The van der Waals surface area contributed by atoms with Crippen molar-refractivity contribution in [2.24, 2.45) is 0 Å². The number of thiocarbonyl (C=S) groups is 1. The number of hydrogen-bond acceptors (Lipinski definition) is 4. The first kappa shape index (κ1) is 15.1. The fourth-order valence-electron chi connectivity index (χ4n) is 2.45. The van der Waals surface area contributed by atoms with Crippen molar-refractivity contribution < 1.29 is 0 Å². The van der Waals surface area contributed by atoms with Crippen molar-refractivity contribution in [1.82, 2.24) is 9.97 Å². The van der Waals surface area contributed by atoms with E-state index in [-0.39, 0.29) is 5.37 Å². The summed E-state index contributed by atoms with van der Waals surface area (Å²) in [6.45, 7) is 0. The van der Waals surface area contributed by atoms with Gasteiger partial charge in [0.05, 0.1) is 17.4 Å². The monoisotopic (exact) mass is 327 g/mol. The van der Waals surface area contributed by atoms with Crippen LogP contribution in [0, 0.1) is 0 Å². The summed E-state index contributed by atoms with van der Waals surface area (Å²) in [5.41, 5.74) is 4.45. The van der Waals surface area contributed by atoms with Crippen molar-refractivity contribution in [3.63, 3.8) is 0 Å². The lowest BCUT2D eigenvalue weighted by atomic mass is 10.2. The maximum absolute atomic E-state index is 5.00. The molecule has 1 aromatic heterocycles. The standard InChI is InChI=1S/C17H17N3S2/c1-20(14-7-8-15-16(11-14)19-12-18-15)17(22-10-9-21)13-5-3-2-4-6-13/h2-9,11-12,17H,10H2,1H3,(H,18,19). The molecule has 0 radical (unpaired) electrons. The van der Waals surface area contributed by atoms with E-state index in [1.54, 1.807) is 11.7 Å². The van der Waals surface area contributed by atoms with Crippen molar-refractivity contribution in [1.29, 1.82) is 0 Å². The number of anilines is 1. The predicted molar refractivity (Wildman–Crippen MR) is 99.8 cm³/mol. The number of nitrogens with one attached hydrogen (secondary N) is 1. The highest BCUT2D eigenvalue weighted by Gasteiger charge is 2.18. The molecule has 3 nitrogen and oxygen atoms in total. The molecule has 112 valence electrons. The van der Waals surface area contributed by atoms with E-state index < -0.39 is 0 Å². The van der Waals surface area contributed by atoms with Gasteiger partial charge >= 0.3 is 0 Å². The van der Waals surface area contributed by atoms with Gasteiger partial charge < -0.3 is 9.88 Å². The molecule has 3 rings (SSSR count). The zero-order valence-electron chi connectivity index (χ0n) is 12.3. The second-order valence-electron chi connectivity index (χ2n) is 4.98. The average molecular weight is 327 g/mol. The van der Waals surface area contributed by atoms with Crippen LogP contribution >= 0.6 is 24.0 Å². The molecule has 0 amide bonds. The van der Waals surface area contributed by atoms with Crippen LogP contribution < -0.4 is 4.90 Å². The average Bonchev–Trinajstić information content (AvgIpc) is 3.03. The van der Waals surface area contributed by atoms with Crippen LogP contribution in [0.3, 0.4) is 0 Å². The summed E-state index contributed by atoms with van der Waals surface area (Å²) in [5.74, 6) is 0.837. The van der Waals surface area contributed by atoms with Gasteiger partial charge in [-0.25, -0.2) is 4.98 Å². The SMILES string of the molecule is CN(c1ccc2[nH]cnc2c1)C(SCC=S)c1ccccc1. The quantitative estimate of drug-likeness (QED) is 0.536. The van der Waals surface area contributed by atoms with Crippen LogP contribution in [-0.4, -0.2) is 28.1 Å². The number of fused-ring (bicyclic) bond motifs is 1. The molecular formula is C17H17N3S2. The molecule has 22 heavy (non-hydrogen) atoms. The lowest BCUT2D eigenvalue weighted by Crippen LogP contribution is -2.22. The summed E-state index contributed by atoms with van der Waals surface area (Å²) >= 11 is 6.82. The minimum absolute atomic E-state index is 0.219. The van der Waals surface area contributed by atoms with Crippen LogP contribution in [0.25, 0.3) is 11.0 Å². The molecule has 1 unspecified atom stereocenters. The molecule has 0 aliphatic carbocycles. The van der Waals surface area contributed by atoms with Crippen molar-refractivity contribution in [2.45, 2.75) is 5.37 Å². The molecule has 1 heterocycles. The Morgan fingerprint density at radius 3 is 2.86 bits per heavy atom. The third kappa shape index (κ3) is 3.15. The van der Waals surface area contributed by atoms with E-state index in [0.717, 1.165) is 22.5 Å². The van der Waals surface area contributed by atoms with Crippen molar-refractivity contribution in [3.05, 3.63) is 60.4 Å². The van der Waals surface area contributed by atoms with Crippen molar-refractivity contribution in [2.75, 3.05) is 17.7 Å². The smallest absolute Gasteiger partial charge is 0.101 e. The van der Waals surface area contributed by atoms with Crippen LogP contribution in [0.2, 0.25) is 0 Å². The van der Waals surface area contributed by atoms with Crippen LogP contribution in [0.4, 0.5) is 5.69 Å². The summed E-state index contributed by atoms with van der Waals surface area (Å²) in [6.07, 6.45) is 1.73. The Balaban J connectivity index is 1.93. The minimum Gasteiger partial charge on any atom is -0.358 e. The maximum Gasteiger partial charge on any atom is 0.101 e. The second-order valence-corrected chi connectivity index (χ2v) is 6.42. The number of benzene rings is 2. The first-order valence-corrected chi connectivity index (χ1v) is 8.58. The largest absolute Gasteiger partial charge is 0.358 e. The Morgan fingerprint density at radius 1 is 1.27 bits per heavy atom. The molecule has 0 bridgehead atoms. The van der Waals surface area contributed by atoms with Gasteiger partial charge in [-0.1, -0.05) is 42.5 Å². The van der Waals surface area contributed by atoms with Gasteiger partial charge in [-0.2, -0.15) is 0 Å². The lowest BCUT2D eigenvalue weighted by molar-refractivity contribution is 0.900. The Morgan fingerprint density at radius 2 is 2.09 bits per heavy atom. The van der Waals surface area contributed by atoms with Gasteiger partial charge in [-0.05, 0) is 29.1 Å². The molecule has 0 saturated heterocycles. The van der Waals surface area contributed by atoms with Crippen molar-refractivity contribution >= 4 is 46.1 Å². The summed E-state index contributed by atoms with van der Waals surface area (Å²) in [4.78, 5) is 9.74. The first-order chi connectivity index (χ1) is 10.8. The fourth-order valence-corrected chi connectivity index (χ4v) is 3.65. The molecule has 0 spiro atoms. The van der Waals surface area contributed by atoms with E-state index in [2.05, 4.69) is 64.4 Å². The molecule has 0 saturated carbocycles. The number of H-pyrrole nitrogens is 1. The molecule has 0 aliphatic rings. The van der Waals surface area contributed by atoms with Crippen LogP contribution in [0.1, 0.15) is 10.9 Å². The number of imidazole rings is 1.